The lowest BCUT2D eigenvalue weighted by atomic mass is 9.66. The molecule has 1 aliphatic carbocycles. The molecule has 0 aromatic heterocycles. The summed E-state index contributed by atoms with van der Waals surface area (Å²) in [4.78, 5) is 11.1. The van der Waals surface area contributed by atoms with Crippen molar-refractivity contribution in [1.82, 2.24) is 0 Å². The van der Waals surface area contributed by atoms with E-state index in [1.807, 2.05) is 0 Å². The Morgan fingerprint density at radius 3 is 2.37 bits per heavy atom. The third-order valence-corrected chi connectivity index (χ3v) is 7.50. The fourth-order valence-electron chi connectivity index (χ4n) is 5.46. The highest BCUT2D eigenvalue weighted by Gasteiger charge is 2.36. The fraction of sp³-hybridized carbons (Fsp3) is 0.500. The highest BCUT2D eigenvalue weighted by atomic mass is 16.5. The molecule has 2 atom stereocenters. The van der Waals surface area contributed by atoms with Crippen molar-refractivity contribution >= 4 is 5.97 Å². The van der Waals surface area contributed by atoms with Crippen LogP contribution in [0.25, 0.3) is 11.1 Å². The van der Waals surface area contributed by atoms with Crippen LogP contribution in [0, 0.1) is 16.7 Å². The second-order valence-electron chi connectivity index (χ2n) is 10.1. The molecule has 0 amide bonds. The number of benzene rings is 2. The van der Waals surface area contributed by atoms with Gasteiger partial charge in [-0.2, -0.15) is 5.26 Å². The van der Waals surface area contributed by atoms with E-state index in [0.29, 0.717) is 12.5 Å². The molecule has 0 aliphatic heterocycles. The SMILES string of the molecule is C=CC(=O)OCCCCCCCC1(C#N)CCCC(c2ccc(-c3ccc(CCC)cc3)cc2)C1. The first-order valence-corrected chi connectivity index (χ1v) is 13.5. The zero-order valence-electron chi connectivity index (χ0n) is 21.4. The van der Waals surface area contributed by atoms with Crippen LogP contribution in [0.15, 0.2) is 61.2 Å². The summed E-state index contributed by atoms with van der Waals surface area (Å²) < 4.78 is 5.03. The van der Waals surface area contributed by atoms with E-state index in [1.54, 1.807) is 0 Å². The summed E-state index contributed by atoms with van der Waals surface area (Å²) in [6.45, 7) is 6.09. The van der Waals surface area contributed by atoms with Gasteiger partial charge in [-0.3, -0.25) is 0 Å². The molecular weight excluding hydrogens is 430 g/mol. The zero-order valence-corrected chi connectivity index (χ0v) is 21.4. The first-order valence-electron chi connectivity index (χ1n) is 13.5. The molecule has 0 N–H and O–H groups in total. The Balaban J connectivity index is 1.48. The lowest BCUT2D eigenvalue weighted by Gasteiger charge is -2.36. The minimum Gasteiger partial charge on any atom is -0.463 e. The molecular formula is C32H41NO2. The average Bonchev–Trinajstić information content (AvgIpc) is 2.91. The van der Waals surface area contributed by atoms with Gasteiger partial charge in [-0.15, -0.1) is 0 Å². The Labute approximate surface area is 212 Å². The highest BCUT2D eigenvalue weighted by molar-refractivity contribution is 5.81. The molecule has 35 heavy (non-hydrogen) atoms. The van der Waals surface area contributed by atoms with Gasteiger partial charge < -0.3 is 4.74 Å². The molecule has 1 fully saturated rings. The van der Waals surface area contributed by atoms with Gasteiger partial charge in [-0.05, 0) is 66.7 Å². The van der Waals surface area contributed by atoms with Gasteiger partial charge in [-0.25, -0.2) is 4.79 Å². The lowest BCUT2D eigenvalue weighted by molar-refractivity contribution is -0.137. The number of nitrogens with zero attached hydrogens (tertiary/aromatic N) is 1. The number of rotatable bonds is 13. The molecule has 0 saturated heterocycles. The maximum absolute atomic E-state index is 11.1. The van der Waals surface area contributed by atoms with E-state index in [2.05, 4.69) is 68.1 Å². The third kappa shape index (κ3) is 8.10. The summed E-state index contributed by atoms with van der Waals surface area (Å²) in [6.07, 6.45) is 14.1. The van der Waals surface area contributed by atoms with Crippen LogP contribution in [0.1, 0.15) is 94.6 Å². The van der Waals surface area contributed by atoms with E-state index < -0.39 is 0 Å². The van der Waals surface area contributed by atoms with Gasteiger partial charge in [0.2, 0.25) is 0 Å². The van der Waals surface area contributed by atoms with E-state index in [-0.39, 0.29) is 11.4 Å². The molecule has 0 heterocycles. The summed E-state index contributed by atoms with van der Waals surface area (Å²) in [7, 11) is 0. The van der Waals surface area contributed by atoms with E-state index in [0.717, 1.165) is 64.2 Å². The van der Waals surface area contributed by atoms with E-state index in [9.17, 15) is 10.1 Å². The molecule has 0 radical (unpaired) electrons. The number of carbonyl (C=O) groups is 1. The van der Waals surface area contributed by atoms with Crippen LogP contribution in [0.2, 0.25) is 0 Å². The molecule has 186 valence electrons. The molecule has 3 nitrogen and oxygen atoms in total. The summed E-state index contributed by atoms with van der Waals surface area (Å²) in [5, 5.41) is 10.1. The second kappa shape index (κ2) is 13.9. The van der Waals surface area contributed by atoms with Crippen molar-refractivity contribution in [1.29, 1.82) is 5.26 Å². The Kier molecular flexibility index (Phi) is 10.6. The maximum atomic E-state index is 11.1. The molecule has 1 aliphatic rings. The van der Waals surface area contributed by atoms with Crippen molar-refractivity contribution in [2.75, 3.05) is 6.61 Å². The van der Waals surface area contributed by atoms with E-state index >= 15 is 0 Å². The molecule has 2 unspecified atom stereocenters. The van der Waals surface area contributed by atoms with Gasteiger partial charge in [0.1, 0.15) is 0 Å². The van der Waals surface area contributed by atoms with Gasteiger partial charge in [-0.1, -0.05) is 101 Å². The van der Waals surface area contributed by atoms with Crippen LogP contribution >= 0.6 is 0 Å². The number of unbranched alkanes of at least 4 members (excludes halogenated alkanes) is 4. The Morgan fingerprint density at radius 2 is 1.71 bits per heavy atom. The van der Waals surface area contributed by atoms with Crippen LogP contribution in [0.4, 0.5) is 0 Å². The van der Waals surface area contributed by atoms with Gasteiger partial charge in [0.15, 0.2) is 0 Å². The number of aryl methyl sites for hydroxylation is 1. The lowest BCUT2D eigenvalue weighted by Crippen LogP contribution is -2.26. The van der Waals surface area contributed by atoms with E-state index in [1.165, 1.54) is 41.2 Å². The molecule has 0 spiro atoms. The highest BCUT2D eigenvalue weighted by Crippen LogP contribution is 2.46. The Hall–Kier alpha value is -2.86. The summed E-state index contributed by atoms with van der Waals surface area (Å²) in [5.74, 6) is 0.132. The fourth-order valence-corrected chi connectivity index (χ4v) is 5.46. The first-order chi connectivity index (χ1) is 17.1. The molecule has 1 saturated carbocycles. The third-order valence-electron chi connectivity index (χ3n) is 7.50. The predicted octanol–water partition coefficient (Wildman–Crippen LogP) is 8.54. The predicted molar refractivity (Wildman–Crippen MR) is 144 cm³/mol. The van der Waals surface area contributed by atoms with Gasteiger partial charge in [0, 0.05) is 6.08 Å². The summed E-state index contributed by atoms with van der Waals surface area (Å²) in [6, 6.07) is 20.7. The topological polar surface area (TPSA) is 50.1 Å². The largest absolute Gasteiger partial charge is 0.463 e. The van der Waals surface area contributed by atoms with Crippen molar-refractivity contribution in [3.05, 3.63) is 72.3 Å². The number of ether oxygens (including phenoxy) is 1. The Bertz CT molecular complexity index is 970. The minimum absolute atomic E-state index is 0.184. The van der Waals surface area contributed by atoms with Crippen LogP contribution in [0.5, 0.6) is 0 Å². The van der Waals surface area contributed by atoms with Gasteiger partial charge in [0.25, 0.3) is 0 Å². The quantitative estimate of drug-likeness (QED) is 0.167. The second-order valence-corrected chi connectivity index (χ2v) is 10.1. The van der Waals surface area contributed by atoms with Crippen molar-refractivity contribution in [2.45, 2.75) is 89.9 Å². The summed E-state index contributed by atoms with van der Waals surface area (Å²) in [5.41, 5.74) is 5.13. The molecule has 0 bridgehead atoms. The van der Waals surface area contributed by atoms with Crippen LogP contribution in [-0.2, 0) is 16.0 Å². The van der Waals surface area contributed by atoms with Crippen molar-refractivity contribution in [3.63, 3.8) is 0 Å². The number of esters is 1. The smallest absolute Gasteiger partial charge is 0.330 e. The number of carbonyl (C=O) groups excluding carboxylic acids is 1. The van der Waals surface area contributed by atoms with Crippen LogP contribution in [-0.4, -0.2) is 12.6 Å². The molecule has 2 aromatic rings. The van der Waals surface area contributed by atoms with Crippen LogP contribution in [0.3, 0.4) is 0 Å². The van der Waals surface area contributed by atoms with E-state index in [4.69, 9.17) is 4.74 Å². The van der Waals surface area contributed by atoms with Gasteiger partial charge >= 0.3 is 5.97 Å². The standard InChI is InChI=1S/C32H41NO2/c1-3-11-26-13-15-27(16-14-26)28-17-19-29(20-18-28)30-12-10-22-32(24-30,25-33)21-8-6-5-7-9-23-35-31(34)4-2/h4,13-20,30H,2-3,5-12,21-24H2,1H3. The van der Waals surface area contributed by atoms with Crippen molar-refractivity contribution in [3.8, 4) is 17.2 Å². The number of hydrogen-bond donors (Lipinski definition) is 0. The average molecular weight is 472 g/mol. The maximum Gasteiger partial charge on any atom is 0.330 e. The zero-order chi connectivity index (χ0) is 24.9. The molecule has 3 rings (SSSR count). The first kappa shape index (κ1) is 26.7. The minimum atomic E-state index is -0.344. The number of hydrogen-bond acceptors (Lipinski definition) is 3. The summed E-state index contributed by atoms with van der Waals surface area (Å²) >= 11 is 0. The normalized spacial score (nSPS) is 19.6. The molecule has 3 heteroatoms. The van der Waals surface area contributed by atoms with Crippen molar-refractivity contribution < 1.29 is 9.53 Å². The monoisotopic (exact) mass is 471 g/mol. The van der Waals surface area contributed by atoms with Gasteiger partial charge in [0.05, 0.1) is 18.1 Å². The van der Waals surface area contributed by atoms with Crippen LogP contribution < -0.4 is 0 Å². The number of nitriles is 1. The molecule has 2 aromatic carbocycles. The Morgan fingerprint density at radius 1 is 1.06 bits per heavy atom. The van der Waals surface area contributed by atoms with Crippen molar-refractivity contribution in [2.24, 2.45) is 5.41 Å².